The molecule has 2 aromatic heterocycles. The maximum absolute atomic E-state index is 7.38. The Bertz CT molecular complexity index is 4730. The van der Waals surface area contributed by atoms with Crippen LogP contribution in [0.5, 0.6) is 69.0 Å². The van der Waals surface area contributed by atoms with Crippen molar-refractivity contribution in [3.05, 3.63) is 246 Å². The fourth-order valence-electron chi connectivity index (χ4n) is 15.3. The summed E-state index contributed by atoms with van der Waals surface area (Å²) < 4.78 is 41.4. The van der Waals surface area contributed by atoms with Gasteiger partial charge in [-0.15, -0.1) is 0 Å². The zero-order chi connectivity index (χ0) is 60.2. The number of fused-ring (bicyclic) bond motifs is 12. The predicted molar refractivity (Wildman–Crippen MR) is 363 cm³/mol. The molecule has 6 aliphatic heterocycles. The number of nitrogens with one attached hydrogen (secondary N) is 1. The van der Waals surface area contributed by atoms with Crippen LogP contribution < -0.4 is 92.7 Å². The molecule has 12 aromatic rings. The Balaban J connectivity index is 0.935. The molecule has 11 nitrogen and oxygen atoms in total. The molecular weight excluding hydrogens is 1110 g/mol. The Hall–Kier alpha value is -11.1. The Morgan fingerprint density at radius 2 is 0.756 bits per heavy atom. The molecule has 0 saturated carbocycles. The van der Waals surface area contributed by atoms with Crippen molar-refractivity contribution in [2.45, 2.75) is 41.5 Å². The highest BCUT2D eigenvalue weighted by Crippen LogP contribution is 2.51. The number of aromatic nitrogens is 2. The molecule has 10 aromatic carbocycles. The van der Waals surface area contributed by atoms with Crippen LogP contribution in [0.2, 0.25) is 0 Å². The van der Waals surface area contributed by atoms with Gasteiger partial charge in [-0.05, 0) is 162 Å². The van der Waals surface area contributed by atoms with Gasteiger partial charge >= 0.3 is 0 Å². The van der Waals surface area contributed by atoms with Gasteiger partial charge in [0.05, 0.1) is 11.4 Å². The zero-order valence-corrected chi connectivity index (χ0v) is 50.2. The van der Waals surface area contributed by atoms with Crippen molar-refractivity contribution >= 4 is 115 Å². The first kappa shape index (κ1) is 52.1. The average molecular weight is 1170 g/mol. The fraction of sp³-hybridized carbons (Fsp3) is 0.0789. The van der Waals surface area contributed by atoms with E-state index < -0.39 is 0 Å². The van der Waals surface area contributed by atoms with E-state index in [0.717, 1.165) is 151 Å². The molecule has 1 N–H and O–H groups in total. The first-order chi connectivity index (χ1) is 44.0. The number of rotatable bonds is 8. The summed E-state index contributed by atoms with van der Waals surface area (Å²) in [5.41, 5.74) is 24.4. The summed E-state index contributed by atoms with van der Waals surface area (Å²) in [6, 6.07) is 65.1. The molecule has 0 fully saturated rings. The van der Waals surface area contributed by atoms with Gasteiger partial charge in [0.25, 0.3) is 20.1 Å². The molecule has 428 valence electrons. The van der Waals surface area contributed by atoms with Crippen LogP contribution in [0.25, 0.3) is 0 Å². The zero-order valence-electron chi connectivity index (χ0n) is 50.2. The summed E-state index contributed by atoms with van der Waals surface area (Å²) in [5, 5.41) is 4.01. The largest absolute Gasteiger partial charge is 0.458 e. The molecule has 0 radical (unpaired) electrons. The van der Waals surface area contributed by atoms with Gasteiger partial charge in [-0.1, -0.05) is 102 Å². The normalized spacial score (nSPS) is 13.5. The van der Waals surface area contributed by atoms with Gasteiger partial charge in [0.2, 0.25) is 0 Å². The van der Waals surface area contributed by atoms with E-state index in [1.54, 1.807) is 12.4 Å². The lowest BCUT2D eigenvalue weighted by molar-refractivity contribution is 0.442. The van der Waals surface area contributed by atoms with Crippen LogP contribution in [0.4, 0.5) is 45.5 Å². The van der Waals surface area contributed by atoms with E-state index >= 15 is 0 Å². The van der Waals surface area contributed by atoms with Crippen LogP contribution >= 0.6 is 0 Å². The smallest absolute Gasteiger partial charge is 0.262 e. The lowest BCUT2D eigenvalue weighted by atomic mass is 9.29. The third kappa shape index (κ3) is 8.03. The number of nitrogens with zero attached hydrogens (tertiary/aromatic N) is 4. The molecule has 0 bridgehead atoms. The molecule has 18 rings (SSSR count). The van der Waals surface area contributed by atoms with Gasteiger partial charge in [-0.3, -0.25) is 9.97 Å². The molecular formula is C76H54B3N5O6. The summed E-state index contributed by atoms with van der Waals surface area (Å²) in [4.78, 5) is 14.6. The monoisotopic (exact) mass is 1170 g/mol. The minimum Gasteiger partial charge on any atom is -0.458 e. The number of pyridine rings is 2. The van der Waals surface area contributed by atoms with Crippen molar-refractivity contribution in [2.24, 2.45) is 0 Å². The first-order valence-electron chi connectivity index (χ1n) is 30.6. The minimum atomic E-state index is -0.350. The molecule has 0 amide bonds. The van der Waals surface area contributed by atoms with Crippen LogP contribution in [0, 0.1) is 41.5 Å². The van der Waals surface area contributed by atoms with E-state index in [2.05, 4.69) is 123 Å². The Labute approximate surface area is 522 Å². The van der Waals surface area contributed by atoms with Crippen LogP contribution in [-0.2, 0) is 0 Å². The Morgan fingerprint density at radius 3 is 1.27 bits per heavy atom. The number of hydrogen-bond donors (Lipinski definition) is 1. The first-order valence-corrected chi connectivity index (χ1v) is 30.6. The van der Waals surface area contributed by atoms with Crippen LogP contribution in [-0.4, -0.2) is 30.1 Å². The number of hydrogen-bond acceptors (Lipinski definition) is 11. The topological polar surface area (TPSA) is 99.7 Å². The summed E-state index contributed by atoms with van der Waals surface area (Å²) in [6.45, 7) is 12.4. The van der Waals surface area contributed by atoms with Crippen molar-refractivity contribution in [3.8, 4) is 69.0 Å². The summed E-state index contributed by atoms with van der Waals surface area (Å²) in [6.07, 6.45) is 7.52. The third-order valence-electron chi connectivity index (χ3n) is 18.6. The van der Waals surface area contributed by atoms with Crippen molar-refractivity contribution < 1.29 is 28.4 Å². The van der Waals surface area contributed by atoms with Crippen molar-refractivity contribution in [3.63, 3.8) is 0 Å². The molecule has 0 unspecified atom stereocenters. The summed E-state index contributed by atoms with van der Waals surface area (Å²) >= 11 is 0. The second kappa shape index (κ2) is 19.7. The molecule has 14 heteroatoms. The summed E-state index contributed by atoms with van der Waals surface area (Å²) in [5.74, 6) is 8.39. The number of aryl methyl sites for hydroxylation is 6. The molecule has 6 aliphatic rings. The highest BCUT2D eigenvalue weighted by atomic mass is 16.5. The Morgan fingerprint density at radius 1 is 0.333 bits per heavy atom. The predicted octanol–water partition coefficient (Wildman–Crippen LogP) is 13.2. The molecule has 0 aliphatic carbocycles. The average Bonchev–Trinajstić information content (AvgIpc) is 0.690. The van der Waals surface area contributed by atoms with Crippen LogP contribution in [0.15, 0.2) is 213 Å². The number of anilines is 8. The SMILES string of the molecule is Cc1cc(C)c(N2c3cc4c(cc3B3c5cc6c(cc5N(c5c(C)cc(C)cc5C)c5cc(Oc7ccccc7)cc2c53)Oc2cc(Oc3ccccc3)cc3c2B6c2cnccc2O3)B2c3cnccc3Oc3cc(Oc5ccccc5)cc(c32)N4)c(C)c1. The van der Waals surface area contributed by atoms with Crippen molar-refractivity contribution in [1.82, 2.24) is 9.97 Å². The number of ether oxygens (including phenoxy) is 6. The lowest BCUT2D eigenvalue weighted by Gasteiger charge is -2.46. The second-order valence-corrected chi connectivity index (χ2v) is 24.5. The second-order valence-electron chi connectivity index (χ2n) is 24.5. The standard InChI is InChI=1S/C76H54B3N5O6/c1-42-26-44(3)75(45(4)27-42)83-62-38-60-54(77-58-40-80-24-22-66(58)88-69-33-51(30-61(82-60)72(69)77)85-48-16-10-7-11-17-48)36-55(62)78-56-37-57-68(90-71-35-53(87-50-20-14-9-15-21-50)34-70-74(71)79(57)59-41-81-25-23-67(59)89-70)39-63(56)84(76-46(5)28-43(2)29-47(76)6)65-32-52(31-64(83)73(65)78)86-49-18-12-8-13-19-49/h7-41,82H,1-6H3. The van der Waals surface area contributed by atoms with Gasteiger partial charge in [0.15, 0.2) is 0 Å². The highest BCUT2D eigenvalue weighted by molar-refractivity contribution is 7.03. The van der Waals surface area contributed by atoms with E-state index in [1.165, 1.54) is 11.1 Å². The van der Waals surface area contributed by atoms with Gasteiger partial charge in [0, 0.05) is 107 Å². The van der Waals surface area contributed by atoms with E-state index in [-0.39, 0.29) is 20.1 Å². The molecule has 8 heterocycles. The van der Waals surface area contributed by atoms with E-state index in [9.17, 15) is 0 Å². The number of para-hydroxylation sites is 3. The molecule has 0 atom stereocenters. The maximum atomic E-state index is 7.38. The minimum absolute atomic E-state index is 0.259. The van der Waals surface area contributed by atoms with E-state index in [1.807, 2.05) is 134 Å². The van der Waals surface area contributed by atoms with Crippen LogP contribution in [0.1, 0.15) is 33.4 Å². The third-order valence-corrected chi connectivity index (χ3v) is 18.6. The quantitative estimate of drug-likeness (QED) is 0.147. The van der Waals surface area contributed by atoms with Gasteiger partial charge in [-0.2, -0.15) is 0 Å². The Kier molecular flexibility index (Phi) is 11.4. The highest BCUT2D eigenvalue weighted by Gasteiger charge is 2.50. The maximum Gasteiger partial charge on any atom is 0.262 e. The molecule has 0 spiro atoms. The number of benzene rings is 10. The van der Waals surface area contributed by atoms with Gasteiger partial charge in [-0.25, -0.2) is 0 Å². The molecule has 90 heavy (non-hydrogen) atoms. The lowest BCUT2D eigenvalue weighted by Crippen LogP contribution is -2.65. The van der Waals surface area contributed by atoms with Gasteiger partial charge in [0.1, 0.15) is 69.0 Å². The van der Waals surface area contributed by atoms with E-state index in [4.69, 9.17) is 38.4 Å². The summed E-state index contributed by atoms with van der Waals surface area (Å²) in [7, 11) is 0. The van der Waals surface area contributed by atoms with E-state index in [0.29, 0.717) is 34.5 Å². The van der Waals surface area contributed by atoms with Gasteiger partial charge < -0.3 is 43.5 Å². The van der Waals surface area contributed by atoms with Crippen molar-refractivity contribution in [2.75, 3.05) is 15.1 Å². The van der Waals surface area contributed by atoms with Crippen LogP contribution in [0.3, 0.4) is 0 Å². The van der Waals surface area contributed by atoms with Crippen molar-refractivity contribution in [1.29, 1.82) is 0 Å². The molecule has 0 saturated heterocycles. The fourth-order valence-corrected chi connectivity index (χ4v) is 15.3.